The molecule has 1 fully saturated rings. The summed E-state index contributed by atoms with van der Waals surface area (Å²) in [5.74, 6) is 0.774. The lowest BCUT2D eigenvalue weighted by atomic mass is 10.0. The topological polar surface area (TPSA) is 81.0 Å². The molecule has 8 nitrogen and oxygen atoms in total. The summed E-state index contributed by atoms with van der Waals surface area (Å²) in [7, 11) is 1.54. The highest BCUT2D eigenvalue weighted by Crippen LogP contribution is 2.38. The number of likely N-dealkylation sites (tertiary alicyclic amines) is 1. The van der Waals surface area contributed by atoms with E-state index >= 15 is 0 Å². The van der Waals surface area contributed by atoms with Crippen LogP contribution >= 0.6 is 0 Å². The Morgan fingerprint density at radius 3 is 2.70 bits per heavy atom. The van der Waals surface area contributed by atoms with Gasteiger partial charge in [0.25, 0.3) is 6.43 Å². The number of methoxy groups -OCH3 is 1. The van der Waals surface area contributed by atoms with Crippen molar-refractivity contribution in [3.05, 3.63) is 59.7 Å². The number of aromatic nitrogens is 3. The van der Waals surface area contributed by atoms with Gasteiger partial charge in [-0.2, -0.15) is 4.98 Å². The second-order valence-electron chi connectivity index (χ2n) is 8.99. The van der Waals surface area contributed by atoms with Crippen molar-refractivity contribution in [2.45, 2.75) is 38.8 Å². The molecule has 1 aliphatic heterocycles. The second-order valence-corrected chi connectivity index (χ2v) is 8.99. The van der Waals surface area contributed by atoms with Crippen molar-refractivity contribution in [1.29, 1.82) is 0 Å². The van der Waals surface area contributed by atoms with Gasteiger partial charge >= 0.3 is 0 Å². The minimum absolute atomic E-state index is 0.00751. The minimum Gasteiger partial charge on any atom is -0.493 e. The van der Waals surface area contributed by atoms with Crippen LogP contribution in [0.1, 0.15) is 43.9 Å². The van der Waals surface area contributed by atoms with E-state index in [1.165, 1.54) is 26.2 Å². The zero-order chi connectivity index (χ0) is 26.3. The van der Waals surface area contributed by atoms with Gasteiger partial charge < -0.3 is 19.7 Å². The van der Waals surface area contributed by atoms with Gasteiger partial charge in [0.1, 0.15) is 17.7 Å². The predicted octanol–water partition coefficient (Wildman–Crippen LogP) is 5.14. The Morgan fingerprint density at radius 1 is 1.22 bits per heavy atom. The summed E-state index contributed by atoms with van der Waals surface area (Å²) >= 11 is 0. The molecule has 4 aromatic rings. The van der Waals surface area contributed by atoms with Crippen LogP contribution in [0, 0.1) is 5.82 Å². The Bertz CT molecular complexity index is 1480. The van der Waals surface area contributed by atoms with E-state index in [9.17, 15) is 18.0 Å². The number of nitrogens with zero attached hydrogens (tertiary/aromatic N) is 4. The van der Waals surface area contributed by atoms with Crippen LogP contribution in [-0.4, -0.2) is 51.5 Å². The summed E-state index contributed by atoms with van der Waals surface area (Å²) in [6, 6.07) is 6.84. The quantitative estimate of drug-likeness (QED) is 0.369. The van der Waals surface area contributed by atoms with Gasteiger partial charge in [0, 0.05) is 49.3 Å². The van der Waals surface area contributed by atoms with E-state index in [1.54, 1.807) is 40.8 Å². The van der Waals surface area contributed by atoms with Crippen LogP contribution in [0.25, 0.3) is 16.7 Å². The van der Waals surface area contributed by atoms with Crippen LogP contribution in [-0.2, 0) is 4.79 Å². The van der Waals surface area contributed by atoms with E-state index in [-0.39, 0.29) is 17.6 Å². The monoisotopic (exact) mass is 513 g/mol. The van der Waals surface area contributed by atoms with Gasteiger partial charge in [-0.25, -0.2) is 18.2 Å². The Kier molecular flexibility index (Phi) is 6.53. The molecule has 3 heterocycles. The van der Waals surface area contributed by atoms with Crippen LogP contribution in [0.4, 0.5) is 19.0 Å². The number of alkyl halides is 2. The normalized spacial score (nSPS) is 16.5. The molecule has 1 N–H and O–H groups in total. The van der Waals surface area contributed by atoms with Crippen LogP contribution < -0.4 is 14.8 Å². The zero-order valence-corrected chi connectivity index (χ0v) is 20.5. The molecule has 1 amide bonds. The fourth-order valence-corrected chi connectivity index (χ4v) is 4.67. The fourth-order valence-electron chi connectivity index (χ4n) is 4.67. The Balaban J connectivity index is 1.56. The van der Waals surface area contributed by atoms with Crippen molar-refractivity contribution < 1.29 is 27.4 Å². The molecule has 11 heteroatoms. The van der Waals surface area contributed by atoms with Crippen molar-refractivity contribution in [3.8, 4) is 11.5 Å². The highest BCUT2D eigenvalue weighted by molar-refractivity contribution is 5.94. The van der Waals surface area contributed by atoms with Gasteiger partial charge in [-0.1, -0.05) is 18.2 Å². The van der Waals surface area contributed by atoms with Crippen molar-refractivity contribution in [2.24, 2.45) is 0 Å². The second kappa shape index (κ2) is 9.79. The first-order chi connectivity index (χ1) is 17.8. The highest BCUT2D eigenvalue weighted by Gasteiger charge is 2.27. The highest BCUT2D eigenvalue weighted by atomic mass is 19.3. The van der Waals surface area contributed by atoms with Gasteiger partial charge in [0.15, 0.2) is 11.5 Å². The maximum atomic E-state index is 14.9. The van der Waals surface area contributed by atoms with E-state index < -0.39 is 23.8 Å². The molecule has 2 aromatic heterocycles. The Hall–Kier alpha value is -4.02. The van der Waals surface area contributed by atoms with Gasteiger partial charge in [-0.05, 0) is 13.0 Å². The molecule has 0 bridgehead atoms. The number of carbonyl (C=O) groups excluding carboxylic acids is 1. The fraction of sp³-hybridized carbons (Fsp3) is 0.346. The SMILES string of the molecule is COc1cc2c(cc1OC1CCN(C(C)=O)C1)c(N[C@H](C)c1cccc(C(F)F)c1F)nc1nccn12. The van der Waals surface area contributed by atoms with Crippen molar-refractivity contribution in [3.63, 3.8) is 0 Å². The number of amides is 1. The molecule has 1 saturated heterocycles. The van der Waals surface area contributed by atoms with E-state index in [1.807, 2.05) is 0 Å². The van der Waals surface area contributed by atoms with Crippen molar-refractivity contribution in [2.75, 3.05) is 25.5 Å². The molecule has 0 saturated carbocycles. The summed E-state index contributed by atoms with van der Waals surface area (Å²) in [5, 5.41) is 3.81. The third-order valence-corrected chi connectivity index (χ3v) is 6.63. The molecule has 1 aliphatic rings. The predicted molar refractivity (Wildman–Crippen MR) is 132 cm³/mol. The summed E-state index contributed by atoms with van der Waals surface area (Å²) in [5.41, 5.74) is 0.153. The number of anilines is 1. The lowest BCUT2D eigenvalue weighted by Crippen LogP contribution is -2.28. The van der Waals surface area contributed by atoms with Crippen LogP contribution in [0.3, 0.4) is 0 Å². The van der Waals surface area contributed by atoms with Crippen LogP contribution in [0.2, 0.25) is 0 Å². The molecular formula is C26H26F3N5O3. The van der Waals surface area contributed by atoms with Crippen LogP contribution in [0.15, 0.2) is 42.7 Å². The number of rotatable bonds is 7. The van der Waals surface area contributed by atoms with Gasteiger partial charge in [-0.15, -0.1) is 0 Å². The van der Waals surface area contributed by atoms with Gasteiger partial charge in [0.05, 0.1) is 30.8 Å². The van der Waals surface area contributed by atoms with Gasteiger partial charge in [0.2, 0.25) is 11.7 Å². The smallest absolute Gasteiger partial charge is 0.266 e. The molecule has 5 rings (SSSR count). The maximum absolute atomic E-state index is 14.9. The number of benzene rings is 2. The third kappa shape index (κ3) is 4.61. The van der Waals surface area contributed by atoms with Gasteiger partial charge in [-0.3, -0.25) is 9.20 Å². The molecule has 194 valence electrons. The molecule has 0 aliphatic carbocycles. The largest absolute Gasteiger partial charge is 0.493 e. The number of hydrogen-bond acceptors (Lipinski definition) is 6. The lowest BCUT2D eigenvalue weighted by molar-refractivity contribution is -0.128. The number of carbonyl (C=O) groups is 1. The summed E-state index contributed by atoms with van der Waals surface area (Å²) in [6.45, 7) is 4.28. The standard InChI is InChI=1S/C26H26F3N5O3/c1-14(17-5-4-6-18(23(17)27)24(28)29)31-25-19-11-22(37-16-7-9-33(13-16)15(2)35)21(36-3)12-20(19)34-10-8-30-26(34)32-25/h4-6,8,10-12,14,16,24H,7,9,13H2,1-3H3,(H,30,31,32)/t14-,16?/m1/s1. The average Bonchev–Trinajstić information content (AvgIpc) is 3.53. The third-order valence-electron chi connectivity index (χ3n) is 6.63. The number of imidazole rings is 1. The number of fused-ring (bicyclic) bond motifs is 3. The summed E-state index contributed by atoms with van der Waals surface area (Å²) in [6.07, 6.45) is 0.912. The lowest BCUT2D eigenvalue weighted by Gasteiger charge is -2.21. The molecule has 2 atom stereocenters. The molecule has 0 radical (unpaired) electrons. The molecule has 1 unspecified atom stereocenters. The summed E-state index contributed by atoms with van der Waals surface area (Å²) in [4.78, 5) is 22.3. The Labute approximate surface area is 211 Å². The first-order valence-corrected chi connectivity index (χ1v) is 11.9. The number of ether oxygens (including phenoxy) is 2. The molecule has 0 spiro atoms. The molecular weight excluding hydrogens is 487 g/mol. The molecule has 37 heavy (non-hydrogen) atoms. The van der Waals surface area contributed by atoms with E-state index in [4.69, 9.17) is 9.47 Å². The first kappa shape index (κ1) is 24.7. The molecule has 2 aromatic carbocycles. The zero-order valence-electron chi connectivity index (χ0n) is 20.5. The number of hydrogen-bond donors (Lipinski definition) is 1. The van der Waals surface area contributed by atoms with Crippen molar-refractivity contribution >= 4 is 28.4 Å². The first-order valence-electron chi connectivity index (χ1n) is 11.9. The Morgan fingerprint density at radius 2 is 2.00 bits per heavy atom. The van der Waals surface area contributed by atoms with Crippen molar-refractivity contribution in [1.82, 2.24) is 19.3 Å². The minimum atomic E-state index is -2.92. The number of halogens is 3. The van der Waals surface area contributed by atoms with E-state index in [0.29, 0.717) is 53.5 Å². The van der Waals surface area contributed by atoms with E-state index in [2.05, 4.69) is 15.3 Å². The van der Waals surface area contributed by atoms with Crippen LogP contribution in [0.5, 0.6) is 11.5 Å². The van der Waals surface area contributed by atoms with E-state index in [0.717, 1.165) is 6.07 Å². The maximum Gasteiger partial charge on any atom is 0.266 e. The average molecular weight is 514 g/mol. The summed E-state index contributed by atoms with van der Waals surface area (Å²) < 4.78 is 55.0. The number of nitrogens with one attached hydrogen (secondary N) is 1.